The molecule has 1 fully saturated rings. The highest BCUT2D eigenvalue weighted by Gasteiger charge is 2.41. The molecule has 2 aromatic rings. The molecule has 3 heterocycles. The summed E-state index contributed by atoms with van der Waals surface area (Å²) in [5, 5.41) is 11.6. The normalized spacial score (nSPS) is 15.9. The van der Waals surface area contributed by atoms with Gasteiger partial charge in [-0.05, 0) is 38.4 Å². The summed E-state index contributed by atoms with van der Waals surface area (Å²) in [6.07, 6.45) is 7.97. The third-order valence-corrected chi connectivity index (χ3v) is 5.29. The molecular formula is C15H23Cl2N5OS. The Kier molecular flexibility index (Phi) is 8.15. The van der Waals surface area contributed by atoms with Crippen LogP contribution in [0, 0.1) is 0 Å². The van der Waals surface area contributed by atoms with Gasteiger partial charge in [-0.1, -0.05) is 6.92 Å². The van der Waals surface area contributed by atoms with E-state index in [0.717, 1.165) is 37.4 Å². The molecular weight excluding hydrogens is 369 g/mol. The van der Waals surface area contributed by atoms with Gasteiger partial charge in [0, 0.05) is 23.5 Å². The molecule has 1 aliphatic rings. The molecule has 0 atom stereocenters. The van der Waals surface area contributed by atoms with Gasteiger partial charge in [0.2, 0.25) is 5.91 Å². The van der Waals surface area contributed by atoms with Gasteiger partial charge in [-0.3, -0.25) is 9.48 Å². The molecule has 0 unspecified atom stereocenters. The molecule has 3 rings (SSSR count). The van der Waals surface area contributed by atoms with Crippen LogP contribution in [0.5, 0.6) is 0 Å². The summed E-state index contributed by atoms with van der Waals surface area (Å²) in [5.74, 6) is 0.0333. The third kappa shape index (κ3) is 4.27. The Hall–Kier alpha value is -1.15. The molecule has 6 nitrogen and oxygen atoms in total. The smallest absolute Gasteiger partial charge is 0.248 e. The first-order chi connectivity index (χ1) is 10.7. The van der Waals surface area contributed by atoms with Crippen molar-refractivity contribution in [3.63, 3.8) is 0 Å². The number of aromatic nitrogens is 3. The number of hydrogen-bond donors (Lipinski definition) is 2. The first kappa shape index (κ1) is 20.9. The van der Waals surface area contributed by atoms with Gasteiger partial charge in [-0.25, -0.2) is 4.98 Å². The van der Waals surface area contributed by atoms with E-state index >= 15 is 0 Å². The quantitative estimate of drug-likeness (QED) is 0.818. The summed E-state index contributed by atoms with van der Waals surface area (Å²) in [5.41, 5.74) is -0.584. The van der Waals surface area contributed by atoms with Crippen molar-refractivity contribution in [1.82, 2.24) is 25.4 Å². The second kappa shape index (κ2) is 9.36. The predicted molar refractivity (Wildman–Crippen MR) is 100 cm³/mol. The number of rotatable bonds is 5. The molecule has 1 saturated heterocycles. The van der Waals surface area contributed by atoms with Gasteiger partial charge in [0.15, 0.2) is 0 Å². The van der Waals surface area contributed by atoms with E-state index in [2.05, 4.69) is 27.6 Å². The largest absolute Gasteiger partial charge is 0.347 e. The van der Waals surface area contributed by atoms with Crippen LogP contribution >= 0.6 is 36.2 Å². The number of piperidine rings is 1. The summed E-state index contributed by atoms with van der Waals surface area (Å²) < 4.78 is 1.81. The minimum atomic E-state index is -0.584. The summed E-state index contributed by atoms with van der Waals surface area (Å²) in [4.78, 5) is 18.4. The van der Waals surface area contributed by atoms with Crippen molar-refractivity contribution in [2.45, 2.75) is 38.3 Å². The first-order valence-electron chi connectivity index (χ1n) is 7.67. The lowest BCUT2D eigenvalue weighted by Gasteiger charge is -2.36. The zero-order chi connectivity index (χ0) is 15.4. The molecule has 0 aromatic carbocycles. The minimum Gasteiger partial charge on any atom is -0.347 e. The monoisotopic (exact) mass is 391 g/mol. The number of thiazole rings is 1. The summed E-state index contributed by atoms with van der Waals surface area (Å²) in [6, 6.07) is 1.87. The van der Waals surface area contributed by atoms with Crippen LogP contribution in [0.1, 0.15) is 29.7 Å². The Morgan fingerprint density at radius 3 is 2.75 bits per heavy atom. The molecule has 2 N–H and O–H groups in total. The van der Waals surface area contributed by atoms with Gasteiger partial charge in [0.1, 0.15) is 10.5 Å². The Balaban J connectivity index is 0.00000144. The lowest BCUT2D eigenvalue weighted by Crippen LogP contribution is -2.54. The van der Waals surface area contributed by atoms with Crippen LogP contribution in [-0.2, 0) is 23.3 Å². The van der Waals surface area contributed by atoms with Gasteiger partial charge < -0.3 is 10.6 Å². The van der Waals surface area contributed by atoms with E-state index in [-0.39, 0.29) is 30.7 Å². The van der Waals surface area contributed by atoms with Crippen LogP contribution in [0.15, 0.2) is 24.7 Å². The molecule has 1 amide bonds. The highest BCUT2D eigenvalue weighted by molar-refractivity contribution is 7.11. The van der Waals surface area contributed by atoms with Crippen LogP contribution in [0.2, 0.25) is 0 Å². The standard InChI is InChI=1S/C15H21N5OS.2ClH/c1-2-12-10-17-13(22-12)11-18-14(21)15(4-7-16-8-5-15)20-9-3-6-19-20;;/h3,6,9-10,16H,2,4-5,7-8,11H2,1H3,(H,18,21);2*1H. The molecule has 24 heavy (non-hydrogen) atoms. The zero-order valence-electron chi connectivity index (χ0n) is 13.5. The average molecular weight is 392 g/mol. The van der Waals surface area contributed by atoms with E-state index in [1.54, 1.807) is 17.5 Å². The maximum Gasteiger partial charge on any atom is 0.248 e. The number of nitrogens with zero attached hydrogens (tertiary/aromatic N) is 3. The van der Waals surface area contributed by atoms with E-state index < -0.39 is 5.54 Å². The summed E-state index contributed by atoms with van der Waals surface area (Å²) in [6.45, 7) is 4.24. The van der Waals surface area contributed by atoms with Gasteiger partial charge in [0.05, 0.1) is 6.54 Å². The van der Waals surface area contributed by atoms with E-state index in [4.69, 9.17) is 0 Å². The Morgan fingerprint density at radius 1 is 1.42 bits per heavy atom. The van der Waals surface area contributed by atoms with Crippen LogP contribution in [0.25, 0.3) is 0 Å². The van der Waals surface area contributed by atoms with Crippen molar-refractivity contribution in [3.8, 4) is 0 Å². The number of amides is 1. The molecule has 9 heteroatoms. The Morgan fingerprint density at radius 2 is 2.17 bits per heavy atom. The second-order valence-electron chi connectivity index (χ2n) is 5.49. The van der Waals surface area contributed by atoms with Crippen molar-refractivity contribution >= 4 is 42.1 Å². The molecule has 2 aromatic heterocycles. The van der Waals surface area contributed by atoms with Crippen molar-refractivity contribution < 1.29 is 4.79 Å². The molecule has 134 valence electrons. The molecule has 0 saturated carbocycles. The van der Waals surface area contributed by atoms with E-state index in [0.29, 0.717) is 6.54 Å². The molecule has 0 aliphatic carbocycles. The van der Waals surface area contributed by atoms with Crippen molar-refractivity contribution in [3.05, 3.63) is 34.5 Å². The highest BCUT2D eigenvalue weighted by atomic mass is 35.5. The van der Waals surface area contributed by atoms with E-state index in [9.17, 15) is 4.79 Å². The highest BCUT2D eigenvalue weighted by Crippen LogP contribution is 2.27. The number of nitrogens with one attached hydrogen (secondary N) is 2. The maximum atomic E-state index is 12.8. The molecule has 1 aliphatic heterocycles. The third-order valence-electron chi connectivity index (χ3n) is 4.15. The fourth-order valence-corrected chi connectivity index (χ4v) is 3.64. The Labute approximate surface area is 158 Å². The number of hydrogen-bond acceptors (Lipinski definition) is 5. The lowest BCUT2D eigenvalue weighted by atomic mass is 9.87. The maximum absolute atomic E-state index is 12.8. The van der Waals surface area contributed by atoms with Crippen LogP contribution in [-0.4, -0.2) is 33.8 Å². The number of halogens is 2. The van der Waals surface area contributed by atoms with Crippen LogP contribution < -0.4 is 10.6 Å². The zero-order valence-corrected chi connectivity index (χ0v) is 16.0. The SMILES string of the molecule is CCc1cnc(CNC(=O)C2(n3cccn3)CCNCC2)s1.Cl.Cl. The van der Waals surface area contributed by atoms with Gasteiger partial charge in [-0.15, -0.1) is 36.2 Å². The van der Waals surface area contributed by atoms with Crippen molar-refractivity contribution in [1.29, 1.82) is 0 Å². The number of carbonyl (C=O) groups is 1. The van der Waals surface area contributed by atoms with Crippen molar-refractivity contribution in [2.75, 3.05) is 13.1 Å². The van der Waals surface area contributed by atoms with Crippen LogP contribution in [0.3, 0.4) is 0 Å². The minimum absolute atomic E-state index is 0. The average Bonchev–Trinajstić information content (AvgIpc) is 3.24. The van der Waals surface area contributed by atoms with Crippen LogP contribution in [0.4, 0.5) is 0 Å². The lowest BCUT2D eigenvalue weighted by molar-refractivity contribution is -0.132. The predicted octanol–water partition coefficient (Wildman–Crippen LogP) is 2.14. The number of aryl methyl sites for hydroxylation is 1. The fourth-order valence-electron chi connectivity index (χ4n) is 2.84. The van der Waals surface area contributed by atoms with Gasteiger partial charge >= 0.3 is 0 Å². The second-order valence-corrected chi connectivity index (χ2v) is 6.69. The summed E-state index contributed by atoms with van der Waals surface area (Å²) in [7, 11) is 0. The molecule has 0 radical (unpaired) electrons. The fraction of sp³-hybridized carbons (Fsp3) is 0.533. The first-order valence-corrected chi connectivity index (χ1v) is 8.49. The topological polar surface area (TPSA) is 71.8 Å². The van der Waals surface area contributed by atoms with Crippen molar-refractivity contribution in [2.24, 2.45) is 0 Å². The van der Waals surface area contributed by atoms with Gasteiger partial charge in [-0.2, -0.15) is 5.10 Å². The summed E-state index contributed by atoms with van der Waals surface area (Å²) >= 11 is 1.66. The molecule has 0 spiro atoms. The van der Waals surface area contributed by atoms with E-state index in [1.807, 2.05) is 23.1 Å². The van der Waals surface area contributed by atoms with E-state index in [1.165, 1.54) is 4.88 Å². The number of carbonyl (C=O) groups excluding carboxylic acids is 1. The Bertz CT molecular complexity index is 626. The van der Waals surface area contributed by atoms with Gasteiger partial charge in [0.25, 0.3) is 0 Å². The molecule has 0 bridgehead atoms.